The molecule has 19 heavy (non-hydrogen) atoms. The molecular weight excluding hydrogens is 248 g/mol. The number of aliphatic carboxylic acids is 1. The second kappa shape index (κ2) is 5.29. The predicted molar refractivity (Wildman–Crippen MR) is 67.5 cm³/mol. The van der Waals surface area contributed by atoms with Crippen LogP contribution < -0.4 is 5.32 Å². The zero-order chi connectivity index (χ0) is 14.0. The first-order valence-electron chi connectivity index (χ1n) is 6.25. The van der Waals surface area contributed by atoms with E-state index in [1.807, 2.05) is 14.0 Å². The second-order valence-corrected chi connectivity index (χ2v) is 4.73. The number of likely N-dealkylation sites (tertiary alicyclic amines) is 1. The van der Waals surface area contributed by atoms with Gasteiger partial charge in [0.15, 0.2) is 0 Å². The lowest BCUT2D eigenvalue weighted by Crippen LogP contribution is -2.45. The molecule has 0 aliphatic carbocycles. The van der Waals surface area contributed by atoms with Crippen molar-refractivity contribution in [3.05, 3.63) is 17.5 Å². The third-order valence-corrected chi connectivity index (χ3v) is 3.57. The molecule has 1 aromatic rings. The summed E-state index contributed by atoms with van der Waals surface area (Å²) in [6.07, 6.45) is 2.96. The van der Waals surface area contributed by atoms with Crippen molar-refractivity contribution < 1.29 is 14.7 Å². The molecule has 1 aromatic heterocycles. The van der Waals surface area contributed by atoms with Gasteiger partial charge in [-0.05, 0) is 19.8 Å². The number of urea groups is 1. The molecule has 2 heterocycles. The van der Waals surface area contributed by atoms with Crippen molar-refractivity contribution in [2.45, 2.75) is 32.4 Å². The highest BCUT2D eigenvalue weighted by atomic mass is 16.4. The molecule has 0 radical (unpaired) electrons. The smallest absolute Gasteiger partial charge is 0.326 e. The van der Waals surface area contributed by atoms with Gasteiger partial charge < -0.3 is 15.3 Å². The number of rotatable bonds is 3. The Morgan fingerprint density at radius 1 is 1.58 bits per heavy atom. The summed E-state index contributed by atoms with van der Waals surface area (Å²) in [5, 5.41) is 15.9. The number of nitrogens with zero attached hydrogens (tertiary/aromatic N) is 3. The number of carboxylic acids is 1. The molecule has 1 atom stereocenters. The van der Waals surface area contributed by atoms with Crippen LogP contribution in [0.3, 0.4) is 0 Å². The summed E-state index contributed by atoms with van der Waals surface area (Å²) in [6, 6.07) is -1.02. The highest BCUT2D eigenvalue weighted by Gasteiger charge is 2.33. The maximum Gasteiger partial charge on any atom is 0.326 e. The van der Waals surface area contributed by atoms with Crippen LogP contribution in [-0.2, 0) is 18.4 Å². The van der Waals surface area contributed by atoms with E-state index in [9.17, 15) is 9.59 Å². The lowest BCUT2D eigenvalue weighted by Gasteiger charge is -2.21. The Balaban J connectivity index is 1.94. The zero-order valence-electron chi connectivity index (χ0n) is 11.1. The molecular formula is C12H18N4O3. The van der Waals surface area contributed by atoms with Crippen LogP contribution in [0, 0.1) is 6.92 Å². The topological polar surface area (TPSA) is 87.5 Å². The molecule has 0 spiro atoms. The van der Waals surface area contributed by atoms with Crippen molar-refractivity contribution in [3.8, 4) is 0 Å². The van der Waals surface area contributed by atoms with Crippen LogP contribution in [0.2, 0.25) is 0 Å². The van der Waals surface area contributed by atoms with Crippen molar-refractivity contribution in [1.29, 1.82) is 0 Å². The van der Waals surface area contributed by atoms with Gasteiger partial charge in [0.25, 0.3) is 0 Å². The third-order valence-electron chi connectivity index (χ3n) is 3.57. The molecule has 0 unspecified atom stereocenters. The van der Waals surface area contributed by atoms with E-state index in [1.165, 1.54) is 4.90 Å². The Morgan fingerprint density at radius 2 is 2.32 bits per heavy atom. The van der Waals surface area contributed by atoms with Gasteiger partial charge in [-0.3, -0.25) is 4.68 Å². The molecule has 1 aliphatic heterocycles. The van der Waals surface area contributed by atoms with E-state index < -0.39 is 12.0 Å². The van der Waals surface area contributed by atoms with Gasteiger partial charge in [0, 0.05) is 31.4 Å². The minimum absolute atomic E-state index is 0.326. The van der Waals surface area contributed by atoms with Crippen LogP contribution in [-0.4, -0.2) is 44.4 Å². The number of hydrogen-bond acceptors (Lipinski definition) is 3. The Morgan fingerprint density at radius 3 is 2.89 bits per heavy atom. The van der Waals surface area contributed by atoms with Crippen LogP contribution in [0.1, 0.15) is 24.1 Å². The maximum atomic E-state index is 12.0. The number of nitrogens with one attached hydrogen (secondary N) is 1. The fourth-order valence-corrected chi connectivity index (χ4v) is 2.26. The number of carbonyl (C=O) groups excluding carboxylic acids is 1. The normalized spacial score (nSPS) is 18.6. The molecule has 104 valence electrons. The SMILES string of the molecule is Cc1c(CNC(=O)N2CCC[C@H]2C(=O)O)cnn1C. The Kier molecular flexibility index (Phi) is 3.73. The van der Waals surface area contributed by atoms with E-state index in [0.29, 0.717) is 19.5 Å². The molecule has 0 aromatic carbocycles. The van der Waals surface area contributed by atoms with Crippen molar-refractivity contribution in [3.63, 3.8) is 0 Å². The average molecular weight is 266 g/mol. The summed E-state index contributed by atoms with van der Waals surface area (Å²) in [4.78, 5) is 24.4. The van der Waals surface area contributed by atoms with Crippen LogP contribution in [0.5, 0.6) is 0 Å². The molecule has 0 bridgehead atoms. The number of carboxylic acid groups (broad SMARTS) is 1. The van der Waals surface area contributed by atoms with Crippen molar-refractivity contribution in [2.75, 3.05) is 6.54 Å². The van der Waals surface area contributed by atoms with E-state index in [2.05, 4.69) is 10.4 Å². The minimum Gasteiger partial charge on any atom is -0.480 e. The predicted octanol–water partition coefficient (Wildman–Crippen LogP) is 0.487. The van der Waals surface area contributed by atoms with Gasteiger partial charge in [-0.15, -0.1) is 0 Å². The molecule has 2 amide bonds. The second-order valence-electron chi connectivity index (χ2n) is 4.73. The van der Waals surface area contributed by atoms with Crippen molar-refractivity contribution in [1.82, 2.24) is 20.0 Å². The van der Waals surface area contributed by atoms with Crippen molar-refractivity contribution in [2.24, 2.45) is 7.05 Å². The number of aryl methyl sites for hydroxylation is 1. The molecule has 2 rings (SSSR count). The third kappa shape index (κ3) is 2.69. The fraction of sp³-hybridized carbons (Fsp3) is 0.583. The number of aromatic nitrogens is 2. The summed E-state index contributed by atoms with van der Waals surface area (Å²) in [6.45, 7) is 2.78. The summed E-state index contributed by atoms with van der Waals surface area (Å²) in [5.74, 6) is -0.940. The largest absolute Gasteiger partial charge is 0.480 e. The molecule has 0 saturated carbocycles. The lowest BCUT2D eigenvalue weighted by atomic mass is 10.2. The molecule has 7 nitrogen and oxygen atoms in total. The first-order valence-corrected chi connectivity index (χ1v) is 6.25. The molecule has 2 N–H and O–H groups in total. The average Bonchev–Trinajstić information content (AvgIpc) is 2.96. The summed E-state index contributed by atoms with van der Waals surface area (Å²) >= 11 is 0. The van der Waals surface area contributed by atoms with Crippen LogP contribution >= 0.6 is 0 Å². The van der Waals surface area contributed by atoms with E-state index in [-0.39, 0.29) is 6.03 Å². The highest BCUT2D eigenvalue weighted by molar-refractivity contribution is 5.83. The van der Waals surface area contributed by atoms with E-state index in [4.69, 9.17) is 5.11 Å². The molecule has 7 heteroatoms. The zero-order valence-corrected chi connectivity index (χ0v) is 11.1. The van der Waals surface area contributed by atoms with Gasteiger partial charge >= 0.3 is 12.0 Å². The van der Waals surface area contributed by atoms with Crippen molar-refractivity contribution >= 4 is 12.0 Å². The molecule has 1 aliphatic rings. The number of hydrogen-bond donors (Lipinski definition) is 2. The summed E-state index contributed by atoms with van der Waals surface area (Å²) in [7, 11) is 1.83. The van der Waals surface area contributed by atoms with E-state index in [1.54, 1.807) is 10.9 Å². The van der Waals surface area contributed by atoms with Gasteiger partial charge in [-0.25, -0.2) is 9.59 Å². The molecule has 1 saturated heterocycles. The highest BCUT2D eigenvalue weighted by Crippen LogP contribution is 2.17. The molecule has 1 fully saturated rings. The van der Waals surface area contributed by atoms with Gasteiger partial charge in [0.1, 0.15) is 6.04 Å². The first kappa shape index (κ1) is 13.4. The van der Waals surface area contributed by atoms with Crippen LogP contribution in [0.4, 0.5) is 4.79 Å². The van der Waals surface area contributed by atoms with E-state index >= 15 is 0 Å². The maximum absolute atomic E-state index is 12.0. The Labute approximate surface area is 111 Å². The van der Waals surface area contributed by atoms with Crippen LogP contribution in [0.15, 0.2) is 6.20 Å². The summed E-state index contributed by atoms with van der Waals surface area (Å²) < 4.78 is 1.73. The standard InChI is InChI=1S/C12H18N4O3/c1-8-9(7-14-15(8)2)6-13-12(19)16-5-3-4-10(16)11(17)18/h7,10H,3-6H2,1-2H3,(H,13,19)(H,17,18)/t10-/m0/s1. The number of amides is 2. The monoisotopic (exact) mass is 266 g/mol. The first-order chi connectivity index (χ1) is 9.00. The Bertz CT molecular complexity index is 497. The van der Waals surface area contributed by atoms with Gasteiger partial charge in [0.2, 0.25) is 0 Å². The lowest BCUT2D eigenvalue weighted by molar-refractivity contribution is -0.141. The summed E-state index contributed by atoms with van der Waals surface area (Å²) in [5.41, 5.74) is 1.92. The van der Waals surface area contributed by atoms with E-state index in [0.717, 1.165) is 17.7 Å². The minimum atomic E-state index is -0.940. The fourth-order valence-electron chi connectivity index (χ4n) is 2.26. The quantitative estimate of drug-likeness (QED) is 0.833. The van der Waals surface area contributed by atoms with Crippen LogP contribution in [0.25, 0.3) is 0 Å². The van der Waals surface area contributed by atoms with Gasteiger partial charge in [-0.2, -0.15) is 5.10 Å². The van der Waals surface area contributed by atoms with Gasteiger partial charge in [-0.1, -0.05) is 0 Å². The Hall–Kier alpha value is -2.05. The number of carbonyl (C=O) groups is 2. The van der Waals surface area contributed by atoms with Gasteiger partial charge in [0.05, 0.1) is 6.20 Å².